The van der Waals surface area contributed by atoms with Crippen molar-refractivity contribution in [2.45, 2.75) is 32.5 Å². The summed E-state index contributed by atoms with van der Waals surface area (Å²) in [5.74, 6) is 0. The molecule has 92 valence electrons. The smallest absolute Gasteiger partial charge is 0.269 e. The van der Waals surface area contributed by atoms with Crippen LogP contribution in [0.3, 0.4) is 0 Å². The number of non-ortho nitro benzene ring substituents is 1. The van der Waals surface area contributed by atoms with E-state index in [-0.39, 0.29) is 11.8 Å². The Bertz CT molecular complexity index is 373. The molecule has 0 aromatic heterocycles. The summed E-state index contributed by atoms with van der Waals surface area (Å²) in [7, 11) is 0. The lowest BCUT2D eigenvalue weighted by Gasteiger charge is -2.12. The molecule has 0 aliphatic heterocycles. The summed E-state index contributed by atoms with van der Waals surface area (Å²) in [5, 5.41) is 10.5. The molecule has 1 atom stereocenters. The first-order valence-electron chi connectivity index (χ1n) is 5.64. The van der Waals surface area contributed by atoms with Crippen LogP contribution < -0.4 is 0 Å². The van der Waals surface area contributed by atoms with Crippen LogP contribution in [0.2, 0.25) is 0 Å². The van der Waals surface area contributed by atoms with Gasteiger partial charge in [0.25, 0.3) is 5.69 Å². The van der Waals surface area contributed by atoms with E-state index in [4.69, 9.17) is 4.74 Å². The van der Waals surface area contributed by atoms with Gasteiger partial charge >= 0.3 is 0 Å². The topological polar surface area (TPSA) is 52.4 Å². The van der Waals surface area contributed by atoms with Crippen molar-refractivity contribution in [3.05, 3.63) is 52.6 Å². The van der Waals surface area contributed by atoms with Crippen LogP contribution in [0.25, 0.3) is 0 Å². The first-order valence-corrected chi connectivity index (χ1v) is 5.64. The molecule has 0 fully saturated rings. The summed E-state index contributed by atoms with van der Waals surface area (Å²) in [6.45, 7) is 6.26. The minimum absolute atomic E-state index is 0.0511. The van der Waals surface area contributed by atoms with Crippen LogP contribution >= 0.6 is 0 Å². The molecule has 1 aromatic rings. The molecular weight excluding hydrogens is 218 g/mol. The number of hydrogen-bond acceptors (Lipinski definition) is 3. The maximum Gasteiger partial charge on any atom is 0.269 e. The third-order valence-electron chi connectivity index (χ3n) is 2.45. The summed E-state index contributed by atoms with van der Waals surface area (Å²) in [6, 6.07) is 6.40. The van der Waals surface area contributed by atoms with E-state index >= 15 is 0 Å². The van der Waals surface area contributed by atoms with Crippen molar-refractivity contribution in [2.75, 3.05) is 0 Å². The molecule has 1 unspecified atom stereocenters. The Hall–Kier alpha value is -1.68. The largest absolute Gasteiger partial charge is 0.369 e. The second-order valence-electron chi connectivity index (χ2n) is 3.80. The zero-order valence-electron chi connectivity index (χ0n) is 9.96. The summed E-state index contributed by atoms with van der Waals surface area (Å²) in [5.41, 5.74) is 1.03. The maximum atomic E-state index is 10.5. The van der Waals surface area contributed by atoms with Crippen molar-refractivity contribution in [3.63, 3.8) is 0 Å². The van der Waals surface area contributed by atoms with Gasteiger partial charge in [-0.05, 0) is 24.1 Å². The summed E-state index contributed by atoms with van der Waals surface area (Å²) in [4.78, 5) is 10.1. The van der Waals surface area contributed by atoms with Gasteiger partial charge in [0.2, 0.25) is 0 Å². The standard InChI is InChI=1S/C13H17NO3/c1-3-5-13(4-2)17-10-11-6-8-12(9-7-11)14(15)16/h4,6-9,13H,2-3,5,10H2,1H3. The van der Waals surface area contributed by atoms with E-state index in [1.165, 1.54) is 12.1 Å². The van der Waals surface area contributed by atoms with Crippen molar-refractivity contribution in [1.82, 2.24) is 0 Å². The Morgan fingerprint density at radius 1 is 1.47 bits per heavy atom. The second-order valence-corrected chi connectivity index (χ2v) is 3.80. The normalized spacial score (nSPS) is 12.1. The number of benzene rings is 1. The number of nitro groups is 1. The average Bonchev–Trinajstić information content (AvgIpc) is 2.35. The number of nitro benzene ring substituents is 1. The third-order valence-corrected chi connectivity index (χ3v) is 2.45. The Morgan fingerprint density at radius 2 is 2.12 bits per heavy atom. The molecule has 0 aliphatic carbocycles. The van der Waals surface area contributed by atoms with E-state index in [0.717, 1.165) is 18.4 Å². The molecule has 1 rings (SSSR count). The number of nitrogens with zero attached hydrogens (tertiary/aromatic N) is 1. The van der Waals surface area contributed by atoms with Crippen molar-refractivity contribution < 1.29 is 9.66 Å². The molecular formula is C13H17NO3. The van der Waals surface area contributed by atoms with E-state index < -0.39 is 4.92 Å². The van der Waals surface area contributed by atoms with Gasteiger partial charge in [-0.3, -0.25) is 10.1 Å². The van der Waals surface area contributed by atoms with Crippen LogP contribution in [0.1, 0.15) is 25.3 Å². The maximum absolute atomic E-state index is 10.5. The highest BCUT2D eigenvalue weighted by molar-refractivity contribution is 5.32. The predicted molar refractivity (Wildman–Crippen MR) is 66.8 cm³/mol. The van der Waals surface area contributed by atoms with Crippen molar-refractivity contribution in [3.8, 4) is 0 Å². The van der Waals surface area contributed by atoms with Crippen LogP contribution in [0.15, 0.2) is 36.9 Å². The summed E-state index contributed by atoms with van der Waals surface area (Å²) >= 11 is 0. The minimum atomic E-state index is -0.408. The Morgan fingerprint density at radius 3 is 2.59 bits per heavy atom. The Labute approximate surface area is 101 Å². The van der Waals surface area contributed by atoms with E-state index in [1.807, 2.05) is 0 Å². The highest BCUT2D eigenvalue weighted by Gasteiger charge is 2.06. The lowest BCUT2D eigenvalue weighted by atomic mass is 10.2. The van der Waals surface area contributed by atoms with Gasteiger partial charge in [0.1, 0.15) is 0 Å². The van der Waals surface area contributed by atoms with Gasteiger partial charge in [-0.1, -0.05) is 19.4 Å². The molecule has 17 heavy (non-hydrogen) atoms. The molecule has 0 N–H and O–H groups in total. The zero-order valence-corrected chi connectivity index (χ0v) is 9.96. The minimum Gasteiger partial charge on any atom is -0.369 e. The molecule has 0 saturated heterocycles. The van der Waals surface area contributed by atoms with Gasteiger partial charge in [0.05, 0.1) is 17.6 Å². The lowest BCUT2D eigenvalue weighted by Crippen LogP contribution is -2.08. The molecule has 0 aliphatic rings. The fourth-order valence-corrected chi connectivity index (χ4v) is 1.47. The molecule has 1 aromatic carbocycles. The molecule has 0 heterocycles. The third kappa shape index (κ3) is 4.36. The van der Waals surface area contributed by atoms with Crippen LogP contribution in [0.4, 0.5) is 5.69 Å². The monoisotopic (exact) mass is 235 g/mol. The molecule has 0 bridgehead atoms. The van der Waals surface area contributed by atoms with Crippen LogP contribution in [-0.4, -0.2) is 11.0 Å². The fraction of sp³-hybridized carbons (Fsp3) is 0.385. The molecule has 0 spiro atoms. The predicted octanol–water partition coefficient (Wildman–Crippen LogP) is 3.47. The van der Waals surface area contributed by atoms with Crippen LogP contribution in [-0.2, 0) is 11.3 Å². The first kappa shape index (κ1) is 13.4. The lowest BCUT2D eigenvalue weighted by molar-refractivity contribution is -0.384. The molecule has 0 saturated carbocycles. The number of hydrogen-bond donors (Lipinski definition) is 0. The number of ether oxygens (including phenoxy) is 1. The van der Waals surface area contributed by atoms with Crippen LogP contribution in [0.5, 0.6) is 0 Å². The zero-order chi connectivity index (χ0) is 12.7. The Kier molecular flexibility index (Phi) is 5.36. The molecule has 0 radical (unpaired) electrons. The van der Waals surface area contributed by atoms with E-state index in [1.54, 1.807) is 18.2 Å². The van der Waals surface area contributed by atoms with Gasteiger partial charge in [-0.15, -0.1) is 6.58 Å². The van der Waals surface area contributed by atoms with Gasteiger partial charge in [0, 0.05) is 12.1 Å². The van der Waals surface area contributed by atoms with Gasteiger partial charge in [-0.2, -0.15) is 0 Å². The van der Waals surface area contributed by atoms with Gasteiger partial charge in [0.15, 0.2) is 0 Å². The van der Waals surface area contributed by atoms with Gasteiger partial charge < -0.3 is 4.74 Å². The quantitative estimate of drug-likeness (QED) is 0.413. The Balaban J connectivity index is 2.51. The highest BCUT2D eigenvalue weighted by atomic mass is 16.6. The highest BCUT2D eigenvalue weighted by Crippen LogP contribution is 2.14. The van der Waals surface area contributed by atoms with Crippen molar-refractivity contribution in [2.24, 2.45) is 0 Å². The SMILES string of the molecule is C=CC(CCC)OCc1ccc([N+](=O)[O-])cc1. The average molecular weight is 235 g/mol. The van der Waals surface area contributed by atoms with E-state index in [2.05, 4.69) is 13.5 Å². The summed E-state index contributed by atoms with van der Waals surface area (Å²) < 4.78 is 5.63. The molecule has 4 heteroatoms. The molecule has 0 amide bonds. The summed E-state index contributed by atoms with van der Waals surface area (Å²) in [6.07, 6.45) is 3.82. The van der Waals surface area contributed by atoms with Crippen LogP contribution in [0, 0.1) is 10.1 Å². The number of rotatable bonds is 7. The molecule has 4 nitrogen and oxygen atoms in total. The van der Waals surface area contributed by atoms with E-state index in [9.17, 15) is 10.1 Å². The first-order chi connectivity index (χ1) is 8.17. The van der Waals surface area contributed by atoms with Crippen molar-refractivity contribution in [1.29, 1.82) is 0 Å². The van der Waals surface area contributed by atoms with Crippen molar-refractivity contribution >= 4 is 5.69 Å². The second kappa shape index (κ2) is 6.81. The fourth-order valence-electron chi connectivity index (χ4n) is 1.47. The van der Waals surface area contributed by atoms with E-state index in [0.29, 0.717) is 6.61 Å². The van der Waals surface area contributed by atoms with Gasteiger partial charge in [-0.25, -0.2) is 0 Å².